The van der Waals surface area contributed by atoms with E-state index in [1.807, 2.05) is 10.6 Å². The molecule has 4 amide bonds. The van der Waals surface area contributed by atoms with Crippen molar-refractivity contribution in [2.75, 3.05) is 0 Å². The van der Waals surface area contributed by atoms with E-state index in [2.05, 4.69) is 25.9 Å². The molecule has 4 N–H and O–H groups in total. The van der Waals surface area contributed by atoms with Crippen LogP contribution >= 0.6 is 15.9 Å². The number of barbiturate groups is 1. The molecule has 2 aliphatic heterocycles. The van der Waals surface area contributed by atoms with E-state index in [4.69, 9.17) is 4.74 Å². The van der Waals surface area contributed by atoms with Crippen molar-refractivity contribution in [2.45, 2.75) is 5.92 Å². The van der Waals surface area contributed by atoms with Gasteiger partial charge in [-0.3, -0.25) is 35.0 Å². The van der Waals surface area contributed by atoms with Gasteiger partial charge in [-0.1, -0.05) is 12.1 Å². The van der Waals surface area contributed by atoms with Crippen molar-refractivity contribution in [1.82, 2.24) is 20.6 Å². The van der Waals surface area contributed by atoms with Crippen LogP contribution in [0.1, 0.15) is 17.0 Å². The third kappa shape index (κ3) is 2.36. The lowest BCUT2D eigenvalue weighted by Crippen LogP contribution is -2.58. The van der Waals surface area contributed by atoms with Gasteiger partial charge in [-0.2, -0.15) is 0 Å². The molecule has 0 spiro atoms. The van der Waals surface area contributed by atoms with Gasteiger partial charge in [0.05, 0.1) is 10.0 Å². The van der Waals surface area contributed by atoms with Crippen molar-refractivity contribution in [3.05, 3.63) is 54.6 Å². The minimum atomic E-state index is -1.41. The molecule has 10 nitrogen and oxygen atoms in total. The molecule has 2 aromatic rings. The number of amides is 4. The third-order valence-corrected chi connectivity index (χ3v) is 4.79. The minimum absolute atomic E-state index is 0.0835. The topological polar surface area (TPSA) is 150 Å². The van der Waals surface area contributed by atoms with Gasteiger partial charge in [-0.25, -0.2) is 9.59 Å². The largest absolute Gasteiger partial charge is 0.439 e. The molecule has 1 aromatic heterocycles. The van der Waals surface area contributed by atoms with Crippen LogP contribution in [0.4, 0.5) is 4.79 Å². The maximum absolute atomic E-state index is 12.4. The number of fused-ring (bicyclic) bond motifs is 2. The summed E-state index contributed by atoms with van der Waals surface area (Å²) in [6.07, 6.45) is 0. The van der Waals surface area contributed by atoms with E-state index in [1.54, 1.807) is 18.2 Å². The number of benzene rings is 1. The zero-order valence-electron chi connectivity index (χ0n) is 12.7. The highest BCUT2D eigenvalue weighted by atomic mass is 79.9. The van der Waals surface area contributed by atoms with Crippen molar-refractivity contribution >= 4 is 33.8 Å². The summed E-state index contributed by atoms with van der Waals surface area (Å²) in [6.45, 7) is 0. The van der Waals surface area contributed by atoms with Crippen molar-refractivity contribution in [3.63, 3.8) is 0 Å². The highest BCUT2D eigenvalue weighted by molar-refractivity contribution is 9.10. The highest BCUT2D eigenvalue weighted by Gasteiger charge is 2.47. The summed E-state index contributed by atoms with van der Waals surface area (Å²) in [5.74, 6) is -4.10. The van der Waals surface area contributed by atoms with E-state index in [0.29, 0.717) is 10.0 Å². The summed E-state index contributed by atoms with van der Waals surface area (Å²) < 4.78 is 6.13. The molecule has 0 aliphatic carbocycles. The molecule has 2 aliphatic rings. The molecule has 0 bridgehead atoms. The summed E-state index contributed by atoms with van der Waals surface area (Å²) in [5.41, 5.74) is -1.29. The standard InChI is InChI=1S/C15H9BrN4O6/c16-5-3-1-2-4-6(7-10(21)17-14(24)18-11(7)22)8-12(23)19-15(25)20-13(8)26-9(4)5/h1-3,6-7H,(H2,19,20,23,25)(H2,17,18,21,22,24)/t6-/m1/s1. The Balaban J connectivity index is 2.00. The number of imide groups is 2. The Bertz CT molecular complexity index is 1080. The number of rotatable bonds is 1. The Morgan fingerprint density at radius 1 is 0.923 bits per heavy atom. The van der Waals surface area contributed by atoms with Crippen LogP contribution in [0.2, 0.25) is 0 Å². The second-order valence-corrected chi connectivity index (χ2v) is 6.53. The Morgan fingerprint density at radius 2 is 1.62 bits per heavy atom. The van der Waals surface area contributed by atoms with Crippen LogP contribution in [0.3, 0.4) is 0 Å². The number of nitrogens with one attached hydrogen (secondary N) is 4. The van der Waals surface area contributed by atoms with Crippen LogP contribution in [-0.2, 0) is 9.59 Å². The van der Waals surface area contributed by atoms with Gasteiger partial charge in [0, 0.05) is 11.5 Å². The van der Waals surface area contributed by atoms with Crippen molar-refractivity contribution in [2.24, 2.45) is 5.92 Å². The molecule has 0 saturated carbocycles. The Kier molecular flexibility index (Phi) is 3.54. The van der Waals surface area contributed by atoms with Crippen LogP contribution < -0.4 is 26.6 Å². The van der Waals surface area contributed by atoms with Gasteiger partial charge in [-0.05, 0) is 22.0 Å². The van der Waals surface area contributed by atoms with E-state index in [0.717, 1.165) is 0 Å². The molecule has 132 valence electrons. The second kappa shape index (κ2) is 5.66. The lowest BCUT2D eigenvalue weighted by atomic mass is 9.78. The number of para-hydroxylation sites is 1. The quantitative estimate of drug-likeness (QED) is 0.478. The maximum atomic E-state index is 12.4. The predicted octanol–water partition coefficient (Wildman–Crippen LogP) is 0.0455. The molecule has 4 rings (SSSR count). The molecule has 1 fully saturated rings. The fraction of sp³-hybridized carbons (Fsp3) is 0.133. The number of hydrogen-bond donors (Lipinski definition) is 4. The van der Waals surface area contributed by atoms with E-state index in [9.17, 15) is 24.0 Å². The van der Waals surface area contributed by atoms with Crippen molar-refractivity contribution in [1.29, 1.82) is 0 Å². The Hall–Kier alpha value is -3.21. The second-order valence-electron chi connectivity index (χ2n) is 5.67. The van der Waals surface area contributed by atoms with E-state index >= 15 is 0 Å². The number of aromatic nitrogens is 2. The van der Waals surface area contributed by atoms with Gasteiger partial charge in [-0.15, -0.1) is 0 Å². The summed E-state index contributed by atoms with van der Waals surface area (Å²) in [4.78, 5) is 64.5. The average molecular weight is 421 g/mol. The Labute approximate surface area is 152 Å². The number of H-pyrrole nitrogens is 2. The van der Waals surface area contributed by atoms with Gasteiger partial charge in [0.2, 0.25) is 17.7 Å². The number of ether oxygens (including phenoxy) is 1. The molecule has 0 unspecified atom stereocenters. The fourth-order valence-corrected chi connectivity index (χ4v) is 3.61. The van der Waals surface area contributed by atoms with Crippen LogP contribution in [0.5, 0.6) is 11.6 Å². The van der Waals surface area contributed by atoms with Gasteiger partial charge >= 0.3 is 11.7 Å². The van der Waals surface area contributed by atoms with E-state index in [-0.39, 0.29) is 17.2 Å². The number of aromatic amines is 2. The van der Waals surface area contributed by atoms with Gasteiger partial charge in [0.15, 0.2) is 0 Å². The first-order valence-corrected chi connectivity index (χ1v) is 8.14. The lowest BCUT2D eigenvalue weighted by molar-refractivity contribution is -0.136. The molecule has 1 saturated heterocycles. The lowest BCUT2D eigenvalue weighted by Gasteiger charge is -2.33. The zero-order chi connectivity index (χ0) is 18.6. The van der Waals surface area contributed by atoms with Gasteiger partial charge in [0.1, 0.15) is 11.7 Å². The average Bonchev–Trinajstić information content (AvgIpc) is 2.54. The summed E-state index contributed by atoms with van der Waals surface area (Å²) in [6, 6.07) is 3.97. The number of urea groups is 1. The summed E-state index contributed by atoms with van der Waals surface area (Å²) >= 11 is 3.30. The summed E-state index contributed by atoms with van der Waals surface area (Å²) in [5, 5.41) is 4.04. The van der Waals surface area contributed by atoms with Crippen LogP contribution in [0.15, 0.2) is 32.3 Å². The van der Waals surface area contributed by atoms with Crippen LogP contribution in [0.25, 0.3) is 0 Å². The number of hydrogen-bond acceptors (Lipinski definition) is 6. The first-order valence-electron chi connectivity index (χ1n) is 7.35. The van der Waals surface area contributed by atoms with Crippen molar-refractivity contribution in [3.8, 4) is 11.6 Å². The molecule has 1 atom stereocenters. The maximum Gasteiger partial charge on any atom is 0.328 e. The Morgan fingerprint density at radius 3 is 2.31 bits per heavy atom. The first kappa shape index (κ1) is 16.3. The van der Waals surface area contributed by atoms with E-state index < -0.39 is 40.9 Å². The number of carbonyl (C=O) groups is 3. The molecule has 11 heteroatoms. The predicted molar refractivity (Wildman–Crippen MR) is 88.9 cm³/mol. The third-order valence-electron chi connectivity index (χ3n) is 4.16. The normalized spacial score (nSPS) is 19.1. The molecule has 1 aromatic carbocycles. The van der Waals surface area contributed by atoms with E-state index in [1.165, 1.54) is 0 Å². The number of halogens is 1. The first-order chi connectivity index (χ1) is 12.4. The molecular weight excluding hydrogens is 412 g/mol. The van der Waals surface area contributed by atoms with Crippen LogP contribution in [0, 0.1) is 5.92 Å². The smallest absolute Gasteiger partial charge is 0.328 e. The summed E-state index contributed by atoms with van der Waals surface area (Å²) in [7, 11) is 0. The minimum Gasteiger partial charge on any atom is -0.439 e. The monoisotopic (exact) mass is 420 g/mol. The SMILES string of the molecule is O=C1NC(=O)C([C@H]2c3cccc(Br)c3Oc3[nH]c(=O)[nH]c(=O)c32)C(=O)N1. The van der Waals surface area contributed by atoms with Crippen molar-refractivity contribution < 1.29 is 19.1 Å². The molecule has 26 heavy (non-hydrogen) atoms. The number of carbonyl (C=O) groups excluding carboxylic acids is 3. The van der Waals surface area contributed by atoms with Gasteiger partial charge < -0.3 is 4.74 Å². The fourth-order valence-electron chi connectivity index (χ4n) is 3.15. The van der Waals surface area contributed by atoms with Gasteiger partial charge in [0.25, 0.3) is 5.56 Å². The van der Waals surface area contributed by atoms with Crippen LogP contribution in [-0.4, -0.2) is 27.8 Å². The molecule has 0 radical (unpaired) electrons. The zero-order valence-corrected chi connectivity index (χ0v) is 14.3. The molecular formula is C15H9BrN4O6. The molecule has 3 heterocycles. The highest BCUT2D eigenvalue weighted by Crippen LogP contribution is 2.48.